The van der Waals surface area contributed by atoms with Crippen molar-refractivity contribution in [1.29, 1.82) is 0 Å². The van der Waals surface area contributed by atoms with Crippen molar-refractivity contribution in [3.05, 3.63) is 36.0 Å². The summed E-state index contributed by atoms with van der Waals surface area (Å²) in [6.07, 6.45) is 6.36. The number of hydrogen-bond acceptors (Lipinski definition) is 3. The minimum absolute atomic E-state index is 0.0443. The number of benzene rings is 1. The summed E-state index contributed by atoms with van der Waals surface area (Å²) in [7, 11) is 0. The van der Waals surface area contributed by atoms with Gasteiger partial charge in [0.25, 0.3) is 5.91 Å². The first-order valence-electron chi connectivity index (χ1n) is 8.92. The van der Waals surface area contributed by atoms with Crippen LogP contribution in [0.3, 0.4) is 0 Å². The lowest BCUT2D eigenvalue weighted by Crippen LogP contribution is -2.62. The second-order valence-electron chi connectivity index (χ2n) is 7.01. The Hall–Kier alpha value is -1.85. The molecule has 128 valence electrons. The number of amides is 1. The predicted octanol–water partition coefficient (Wildman–Crippen LogP) is 2.39. The fourth-order valence-corrected chi connectivity index (χ4v) is 3.99. The van der Waals surface area contributed by atoms with E-state index in [0.717, 1.165) is 36.8 Å². The van der Waals surface area contributed by atoms with E-state index in [1.807, 2.05) is 12.1 Å². The molecule has 0 unspecified atom stereocenters. The highest BCUT2D eigenvalue weighted by atomic mass is 16.5. The first-order chi connectivity index (χ1) is 11.7. The maximum atomic E-state index is 13.1. The van der Waals surface area contributed by atoms with Crippen molar-refractivity contribution in [1.82, 2.24) is 9.47 Å². The Kier molecular flexibility index (Phi) is 4.06. The van der Waals surface area contributed by atoms with Gasteiger partial charge in [0.15, 0.2) is 0 Å². The SMILES string of the molecule is NCCCn1ccc2cc(C(=O)N3CCOCC34CCC4)ccc21. The van der Waals surface area contributed by atoms with Crippen molar-refractivity contribution in [2.45, 2.75) is 37.8 Å². The summed E-state index contributed by atoms with van der Waals surface area (Å²) < 4.78 is 7.85. The number of nitrogens with two attached hydrogens (primary N) is 1. The van der Waals surface area contributed by atoms with Crippen molar-refractivity contribution >= 4 is 16.8 Å². The first kappa shape index (κ1) is 15.7. The van der Waals surface area contributed by atoms with Crippen molar-refractivity contribution in [3.63, 3.8) is 0 Å². The van der Waals surface area contributed by atoms with E-state index in [1.165, 1.54) is 11.9 Å². The molecule has 24 heavy (non-hydrogen) atoms. The average Bonchev–Trinajstić information content (AvgIpc) is 3.00. The van der Waals surface area contributed by atoms with Gasteiger partial charge in [0.2, 0.25) is 0 Å². The second kappa shape index (κ2) is 6.22. The molecule has 1 saturated carbocycles. The number of nitrogens with zero attached hydrogens (tertiary/aromatic N) is 2. The predicted molar refractivity (Wildman–Crippen MR) is 94.0 cm³/mol. The summed E-state index contributed by atoms with van der Waals surface area (Å²) in [5.74, 6) is 0.148. The zero-order chi connectivity index (χ0) is 16.6. The third-order valence-corrected chi connectivity index (χ3v) is 5.55. The van der Waals surface area contributed by atoms with Gasteiger partial charge in [-0.2, -0.15) is 0 Å². The van der Waals surface area contributed by atoms with E-state index < -0.39 is 0 Å². The van der Waals surface area contributed by atoms with Crippen LogP contribution < -0.4 is 5.73 Å². The number of fused-ring (bicyclic) bond motifs is 1. The average molecular weight is 327 g/mol. The number of ether oxygens (including phenoxy) is 1. The number of aromatic nitrogens is 1. The van der Waals surface area contributed by atoms with E-state index in [2.05, 4.69) is 27.8 Å². The third-order valence-electron chi connectivity index (χ3n) is 5.55. The molecule has 2 heterocycles. The summed E-state index contributed by atoms with van der Waals surface area (Å²) in [5, 5.41) is 1.12. The zero-order valence-electron chi connectivity index (χ0n) is 14.0. The normalized spacial score (nSPS) is 19.6. The van der Waals surface area contributed by atoms with E-state index in [4.69, 9.17) is 10.5 Å². The molecule has 2 aromatic rings. The molecule has 1 aromatic heterocycles. The number of carbonyl (C=O) groups is 1. The summed E-state index contributed by atoms with van der Waals surface area (Å²) in [6.45, 7) is 3.64. The second-order valence-corrected chi connectivity index (χ2v) is 7.01. The Bertz CT molecular complexity index is 748. The van der Waals surface area contributed by atoms with Crippen molar-refractivity contribution in [2.24, 2.45) is 5.73 Å². The monoisotopic (exact) mass is 327 g/mol. The third kappa shape index (κ3) is 2.52. The molecule has 1 aliphatic carbocycles. The lowest BCUT2D eigenvalue weighted by Gasteiger charge is -2.52. The Morgan fingerprint density at radius 1 is 1.29 bits per heavy atom. The number of morpholine rings is 1. The molecule has 2 fully saturated rings. The topological polar surface area (TPSA) is 60.5 Å². The van der Waals surface area contributed by atoms with Gasteiger partial charge in [-0.25, -0.2) is 0 Å². The highest BCUT2D eigenvalue weighted by molar-refractivity contribution is 5.98. The van der Waals surface area contributed by atoms with Crippen LogP contribution in [0.1, 0.15) is 36.0 Å². The summed E-state index contributed by atoms with van der Waals surface area (Å²) >= 11 is 0. The highest BCUT2D eigenvalue weighted by Crippen LogP contribution is 2.40. The fourth-order valence-electron chi connectivity index (χ4n) is 3.99. The van der Waals surface area contributed by atoms with Gasteiger partial charge < -0.3 is 19.9 Å². The van der Waals surface area contributed by atoms with Crippen LogP contribution in [0.25, 0.3) is 10.9 Å². The lowest BCUT2D eigenvalue weighted by atomic mass is 9.75. The molecule has 0 radical (unpaired) electrons. The van der Waals surface area contributed by atoms with E-state index in [-0.39, 0.29) is 11.4 Å². The molecule has 4 rings (SSSR count). The molecule has 2 N–H and O–H groups in total. The molecule has 2 aliphatic rings. The Labute approximate surface area is 142 Å². The van der Waals surface area contributed by atoms with Crippen LogP contribution in [-0.4, -0.2) is 47.2 Å². The molecule has 1 spiro atoms. The van der Waals surface area contributed by atoms with Crippen LogP contribution in [-0.2, 0) is 11.3 Å². The largest absolute Gasteiger partial charge is 0.377 e. The van der Waals surface area contributed by atoms with E-state index in [1.54, 1.807) is 0 Å². The Balaban J connectivity index is 1.60. The molecule has 0 atom stereocenters. The number of carbonyl (C=O) groups excluding carboxylic acids is 1. The molecule has 5 heteroatoms. The minimum atomic E-state index is -0.0443. The van der Waals surface area contributed by atoms with Crippen molar-refractivity contribution < 1.29 is 9.53 Å². The Morgan fingerprint density at radius 2 is 2.17 bits per heavy atom. The standard InChI is InChI=1S/C19H25N3O2/c20-8-2-9-21-10-5-15-13-16(3-4-17(15)21)18(23)22-11-12-24-14-19(22)6-1-7-19/h3-5,10,13H,1-2,6-9,11-12,14,20H2. The van der Waals surface area contributed by atoms with Crippen LogP contribution in [0, 0.1) is 0 Å². The first-order valence-corrected chi connectivity index (χ1v) is 8.92. The highest BCUT2D eigenvalue weighted by Gasteiger charge is 2.47. The maximum Gasteiger partial charge on any atom is 0.254 e. The summed E-state index contributed by atoms with van der Waals surface area (Å²) in [5.41, 5.74) is 7.51. The van der Waals surface area contributed by atoms with Gasteiger partial charge in [-0.3, -0.25) is 4.79 Å². The molecule has 1 aromatic carbocycles. The van der Waals surface area contributed by atoms with Gasteiger partial charge in [0.1, 0.15) is 0 Å². The molecule has 0 bridgehead atoms. The quantitative estimate of drug-likeness (QED) is 0.938. The number of aryl methyl sites for hydroxylation is 1. The molecule has 5 nitrogen and oxygen atoms in total. The van der Waals surface area contributed by atoms with Crippen LogP contribution in [0.15, 0.2) is 30.5 Å². The number of rotatable bonds is 4. The van der Waals surface area contributed by atoms with Gasteiger partial charge in [0, 0.05) is 35.8 Å². The van der Waals surface area contributed by atoms with Gasteiger partial charge >= 0.3 is 0 Å². The summed E-state index contributed by atoms with van der Waals surface area (Å²) in [6, 6.07) is 8.14. The smallest absolute Gasteiger partial charge is 0.254 e. The van der Waals surface area contributed by atoms with E-state index >= 15 is 0 Å². The minimum Gasteiger partial charge on any atom is -0.377 e. The van der Waals surface area contributed by atoms with Gasteiger partial charge in [0.05, 0.1) is 18.8 Å². The Morgan fingerprint density at radius 3 is 2.92 bits per heavy atom. The molecule has 1 saturated heterocycles. The molecule has 1 aliphatic heterocycles. The zero-order valence-corrected chi connectivity index (χ0v) is 14.0. The lowest BCUT2D eigenvalue weighted by molar-refractivity contribution is -0.0877. The van der Waals surface area contributed by atoms with E-state index in [0.29, 0.717) is 26.3 Å². The molecule has 1 amide bonds. The van der Waals surface area contributed by atoms with Crippen LogP contribution in [0.4, 0.5) is 0 Å². The molecular weight excluding hydrogens is 302 g/mol. The number of hydrogen-bond donors (Lipinski definition) is 1. The molecular formula is C19H25N3O2. The van der Waals surface area contributed by atoms with Crippen LogP contribution in [0.5, 0.6) is 0 Å². The maximum absolute atomic E-state index is 13.1. The fraction of sp³-hybridized carbons (Fsp3) is 0.526. The van der Waals surface area contributed by atoms with Crippen molar-refractivity contribution in [2.75, 3.05) is 26.3 Å². The van der Waals surface area contributed by atoms with Gasteiger partial charge in [-0.05, 0) is 56.5 Å². The van der Waals surface area contributed by atoms with Crippen molar-refractivity contribution in [3.8, 4) is 0 Å². The van der Waals surface area contributed by atoms with Gasteiger partial charge in [-0.15, -0.1) is 0 Å². The van der Waals surface area contributed by atoms with Crippen LogP contribution >= 0.6 is 0 Å². The van der Waals surface area contributed by atoms with Gasteiger partial charge in [-0.1, -0.05) is 0 Å². The summed E-state index contributed by atoms with van der Waals surface area (Å²) in [4.78, 5) is 15.1. The van der Waals surface area contributed by atoms with Crippen LogP contribution in [0.2, 0.25) is 0 Å². The van der Waals surface area contributed by atoms with E-state index in [9.17, 15) is 4.79 Å².